The molecule has 1 N–H and O–H groups in total. The van der Waals surface area contributed by atoms with Gasteiger partial charge in [-0.15, -0.1) is 0 Å². The maximum absolute atomic E-state index is 8.69. The Balaban J connectivity index is 1.78. The Morgan fingerprint density at radius 1 is 1.53 bits per heavy atom. The number of halogens is 1. The summed E-state index contributed by atoms with van der Waals surface area (Å²) in [7, 11) is 0. The minimum Gasteiger partial charge on any atom is -0.313 e. The van der Waals surface area contributed by atoms with E-state index < -0.39 is 0 Å². The van der Waals surface area contributed by atoms with Gasteiger partial charge in [-0.1, -0.05) is 23.7 Å². The summed E-state index contributed by atoms with van der Waals surface area (Å²) in [5.41, 5.74) is 1.34. The normalized spacial score (nSPS) is 24.8. The predicted molar refractivity (Wildman–Crippen MR) is 70.0 cm³/mol. The Hall–Kier alpha value is -1.04. The summed E-state index contributed by atoms with van der Waals surface area (Å²) >= 11 is 5.98. The van der Waals surface area contributed by atoms with Crippen LogP contribution in [0.1, 0.15) is 31.2 Å². The van der Waals surface area contributed by atoms with E-state index in [-0.39, 0.29) is 5.92 Å². The topological polar surface area (TPSA) is 35.8 Å². The van der Waals surface area contributed by atoms with Gasteiger partial charge in [-0.25, -0.2) is 0 Å². The van der Waals surface area contributed by atoms with Gasteiger partial charge in [0.15, 0.2) is 0 Å². The zero-order chi connectivity index (χ0) is 12.3. The van der Waals surface area contributed by atoms with Crippen LogP contribution in [0.15, 0.2) is 24.3 Å². The number of benzene rings is 1. The van der Waals surface area contributed by atoms with Gasteiger partial charge < -0.3 is 5.32 Å². The summed E-state index contributed by atoms with van der Waals surface area (Å²) in [6.07, 6.45) is 2.30. The third kappa shape index (κ3) is 3.21. The van der Waals surface area contributed by atoms with Crippen molar-refractivity contribution in [2.45, 2.75) is 31.7 Å². The van der Waals surface area contributed by atoms with Gasteiger partial charge in [-0.2, -0.15) is 5.26 Å². The van der Waals surface area contributed by atoms with Crippen molar-refractivity contribution in [3.8, 4) is 6.07 Å². The van der Waals surface area contributed by atoms with Gasteiger partial charge in [0.05, 0.1) is 12.0 Å². The van der Waals surface area contributed by atoms with Crippen molar-refractivity contribution in [2.75, 3.05) is 6.54 Å². The number of nitrogens with one attached hydrogen (secondary N) is 1. The van der Waals surface area contributed by atoms with E-state index in [0.29, 0.717) is 12.0 Å². The molecular formula is C14H17ClN2. The SMILES string of the molecule is CC(C#N)CNC1CC(c2cccc(Cl)c2)C1. The van der Waals surface area contributed by atoms with Gasteiger partial charge in [0.1, 0.15) is 0 Å². The van der Waals surface area contributed by atoms with Crippen LogP contribution in [0, 0.1) is 17.2 Å². The van der Waals surface area contributed by atoms with E-state index in [4.69, 9.17) is 16.9 Å². The van der Waals surface area contributed by atoms with E-state index in [2.05, 4.69) is 23.5 Å². The Labute approximate surface area is 108 Å². The van der Waals surface area contributed by atoms with Crippen LogP contribution in [-0.2, 0) is 0 Å². The molecule has 0 heterocycles. The molecule has 1 aliphatic carbocycles. The molecule has 1 aromatic carbocycles. The molecule has 1 aliphatic rings. The highest BCUT2D eigenvalue weighted by molar-refractivity contribution is 6.30. The first-order chi connectivity index (χ1) is 8.19. The Morgan fingerprint density at radius 3 is 2.94 bits per heavy atom. The van der Waals surface area contributed by atoms with Crippen molar-refractivity contribution in [2.24, 2.45) is 5.92 Å². The predicted octanol–water partition coefficient (Wildman–Crippen LogP) is 3.34. The number of hydrogen-bond donors (Lipinski definition) is 1. The van der Waals surface area contributed by atoms with Crippen LogP contribution in [0.5, 0.6) is 0 Å². The van der Waals surface area contributed by atoms with Crippen LogP contribution < -0.4 is 5.32 Å². The average molecular weight is 249 g/mol. The molecule has 1 atom stereocenters. The first-order valence-corrected chi connectivity index (χ1v) is 6.45. The molecule has 90 valence electrons. The molecule has 17 heavy (non-hydrogen) atoms. The number of nitrogens with zero attached hydrogens (tertiary/aromatic N) is 1. The monoisotopic (exact) mass is 248 g/mol. The number of rotatable bonds is 4. The van der Waals surface area contributed by atoms with Crippen LogP contribution in [0.25, 0.3) is 0 Å². The highest BCUT2D eigenvalue weighted by Crippen LogP contribution is 2.37. The van der Waals surface area contributed by atoms with Crippen LogP contribution in [0.3, 0.4) is 0 Å². The maximum Gasteiger partial charge on any atom is 0.0666 e. The number of hydrogen-bond acceptors (Lipinski definition) is 2. The summed E-state index contributed by atoms with van der Waals surface area (Å²) in [6, 6.07) is 10.9. The van der Waals surface area contributed by atoms with Crippen molar-refractivity contribution in [3.63, 3.8) is 0 Å². The summed E-state index contributed by atoms with van der Waals surface area (Å²) in [5.74, 6) is 0.726. The summed E-state index contributed by atoms with van der Waals surface area (Å²) in [4.78, 5) is 0. The van der Waals surface area contributed by atoms with Crippen LogP contribution in [-0.4, -0.2) is 12.6 Å². The molecule has 3 heteroatoms. The van der Waals surface area contributed by atoms with Gasteiger partial charge in [0, 0.05) is 17.6 Å². The molecule has 2 nitrogen and oxygen atoms in total. The second kappa shape index (κ2) is 5.53. The highest BCUT2D eigenvalue weighted by atomic mass is 35.5. The lowest BCUT2D eigenvalue weighted by molar-refractivity contribution is 0.286. The van der Waals surface area contributed by atoms with E-state index >= 15 is 0 Å². The van der Waals surface area contributed by atoms with E-state index in [0.717, 1.165) is 24.4 Å². The summed E-state index contributed by atoms with van der Waals surface area (Å²) in [6.45, 7) is 2.74. The van der Waals surface area contributed by atoms with Crippen LogP contribution in [0.2, 0.25) is 5.02 Å². The first-order valence-electron chi connectivity index (χ1n) is 6.07. The lowest BCUT2D eigenvalue weighted by Crippen LogP contribution is -2.41. The van der Waals surface area contributed by atoms with Gasteiger partial charge in [-0.05, 0) is 43.4 Å². The molecule has 1 unspecified atom stereocenters. The molecule has 1 saturated carbocycles. The van der Waals surface area contributed by atoms with Gasteiger partial charge in [0.2, 0.25) is 0 Å². The minimum absolute atomic E-state index is 0.0974. The fourth-order valence-corrected chi connectivity index (χ4v) is 2.41. The molecule has 0 amide bonds. The van der Waals surface area contributed by atoms with Crippen molar-refractivity contribution in [3.05, 3.63) is 34.9 Å². The maximum atomic E-state index is 8.69. The van der Waals surface area contributed by atoms with Crippen molar-refractivity contribution >= 4 is 11.6 Å². The first kappa shape index (κ1) is 12.4. The lowest BCUT2D eigenvalue weighted by Gasteiger charge is -2.36. The Bertz CT molecular complexity index is 418. The Kier molecular flexibility index (Phi) is 4.04. The summed E-state index contributed by atoms with van der Waals surface area (Å²) in [5, 5.41) is 12.9. The molecule has 0 bridgehead atoms. The molecule has 0 radical (unpaired) electrons. The molecular weight excluding hydrogens is 232 g/mol. The molecule has 0 aliphatic heterocycles. The van der Waals surface area contributed by atoms with Crippen LogP contribution in [0.4, 0.5) is 0 Å². The fraction of sp³-hybridized carbons (Fsp3) is 0.500. The zero-order valence-electron chi connectivity index (χ0n) is 9.99. The largest absolute Gasteiger partial charge is 0.313 e. The van der Waals surface area contributed by atoms with Crippen molar-refractivity contribution in [1.29, 1.82) is 5.26 Å². The van der Waals surface area contributed by atoms with Crippen LogP contribution >= 0.6 is 11.6 Å². The standard InChI is InChI=1S/C14H17ClN2/c1-10(8-16)9-17-14-6-12(7-14)11-3-2-4-13(15)5-11/h2-5,10,12,14,17H,6-7,9H2,1H3. The van der Waals surface area contributed by atoms with E-state index in [1.165, 1.54) is 5.56 Å². The third-order valence-corrected chi connectivity index (χ3v) is 3.63. The second-order valence-electron chi connectivity index (χ2n) is 4.86. The van der Waals surface area contributed by atoms with E-state index in [9.17, 15) is 0 Å². The van der Waals surface area contributed by atoms with Gasteiger partial charge >= 0.3 is 0 Å². The molecule has 1 fully saturated rings. The molecule has 0 aromatic heterocycles. The lowest BCUT2D eigenvalue weighted by atomic mass is 9.76. The van der Waals surface area contributed by atoms with E-state index in [1.807, 2.05) is 19.1 Å². The molecule has 2 rings (SSSR count). The average Bonchev–Trinajstić information content (AvgIpc) is 2.26. The number of nitriles is 1. The van der Waals surface area contributed by atoms with Gasteiger partial charge in [-0.3, -0.25) is 0 Å². The molecule has 1 aromatic rings. The molecule has 0 spiro atoms. The molecule has 0 saturated heterocycles. The smallest absolute Gasteiger partial charge is 0.0666 e. The minimum atomic E-state index is 0.0974. The quantitative estimate of drug-likeness (QED) is 0.887. The van der Waals surface area contributed by atoms with Crippen molar-refractivity contribution in [1.82, 2.24) is 5.32 Å². The van der Waals surface area contributed by atoms with Gasteiger partial charge in [0.25, 0.3) is 0 Å². The Morgan fingerprint density at radius 2 is 2.29 bits per heavy atom. The fourth-order valence-electron chi connectivity index (χ4n) is 2.21. The van der Waals surface area contributed by atoms with E-state index in [1.54, 1.807) is 0 Å². The van der Waals surface area contributed by atoms with Crippen molar-refractivity contribution < 1.29 is 0 Å². The summed E-state index contributed by atoms with van der Waals surface area (Å²) < 4.78 is 0. The second-order valence-corrected chi connectivity index (χ2v) is 5.30. The zero-order valence-corrected chi connectivity index (χ0v) is 10.7. The highest BCUT2D eigenvalue weighted by Gasteiger charge is 2.29. The third-order valence-electron chi connectivity index (χ3n) is 3.39.